The maximum absolute atomic E-state index is 5.69. The van der Waals surface area contributed by atoms with E-state index in [0.29, 0.717) is 12.7 Å². The largest absolute Gasteiger partial charge is 0.369 e. The van der Waals surface area contributed by atoms with Crippen molar-refractivity contribution in [2.75, 3.05) is 13.1 Å². The van der Waals surface area contributed by atoms with Gasteiger partial charge in [0.2, 0.25) is 0 Å². The summed E-state index contributed by atoms with van der Waals surface area (Å²) >= 11 is 3.51. The Labute approximate surface area is 91.8 Å². The van der Waals surface area contributed by atoms with Crippen LogP contribution in [0, 0.1) is 6.92 Å². The molecule has 0 atom stereocenters. The van der Waals surface area contributed by atoms with Crippen molar-refractivity contribution in [2.24, 2.45) is 7.05 Å². The van der Waals surface area contributed by atoms with E-state index < -0.39 is 0 Å². The average Bonchev–Trinajstić information content (AvgIpc) is 2.28. The van der Waals surface area contributed by atoms with Gasteiger partial charge < -0.3 is 10.1 Å². The summed E-state index contributed by atoms with van der Waals surface area (Å²) in [5.41, 5.74) is 2.12. The van der Waals surface area contributed by atoms with Crippen molar-refractivity contribution in [1.29, 1.82) is 0 Å². The number of rotatable bonds is 3. The molecule has 1 aliphatic rings. The van der Waals surface area contributed by atoms with Gasteiger partial charge in [0.05, 0.1) is 28.6 Å². The first-order chi connectivity index (χ1) is 6.68. The molecule has 14 heavy (non-hydrogen) atoms. The number of nitrogens with zero attached hydrogens (tertiary/aromatic N) is 2. The predicted molar refractivity (Wildman–Crippen MR) is 57.1 cm³/mol. The maximum Gasteiger partial charge on any atom is 0.0901 e. The number of aromatic nitrogens is 2. The second-order valence-electron chi connectivity index (χ2n) is 3.56. The molecule has 1 aromatic heterocycles. The summed E-state index contributed by atoms with van der Waals surface area (Å²) in [5.74, 6) is 0. The van der Waals surface area contributed by atoms with E-state index in [0.717, 1.165) is 29.0 Å². The standard InChI is InChI=1S/C9H14BrN3O/c1-6-9(10)8(13(2)12-6)5-14-7-3-11-4-7/h7,11H,3-5H2,1-2H3. The molecule has 1 aromatic rings. The lowest BCUT2D eigenvalue weighted by Crippen LogP contribution is -2.48. The Hall–Kier alpha value is -0.390. The summed E-state index contributed by atoms with van der Waals surface area (Å²) < 4.78 is 8.61. The van der Waals surface area contributed by atoms with Gasteiger partial charge in [0, 0.05) is 20.1 Å². The van der Waals surface area contributed by atoms with Crippen LogP contribution in [0.15, 0.2) is 4.47 Å². The van der Waals surface area contributed by atoms with Crippen LogP contribution in [-0.4, -0.2) is 29.0 Å². The van der Waals surface area contributed by atoms with Gasteiger partial charge in [0.1, 0.15) is 0 Å². The number of nitrogens with one attached hydrogen (secondary N) is 1. The van der Waals surface area contributed by atoms with Crippen molar-refractivity contribution in [3.05, 3.63) is 15.9 Å². The van der Waals surface area contributed by atoms with Crippen LogP contribution in [-0.2, 0) is 18.4 Å². The van der Waals surface area contributed by atoms with Crippen molar-refractivity contribution < 1.29 is 4.74 Å². The van der Waals surface area contributed by atoms with Crippen molar-refractivity contribution in [3.8, 4) is 0 Å². The van der Waals surface area contributed by atoms with Crippen LogP contribution < -0.4 is 5.32 Å². The van der Waals surface area contributed by atoms with E-state index in [4.69, 9.17) is 4.74 Å². The molecule has 0 saturated carbocycles. The molecule has 1 N–H and O–H groups in total. The lowest BCUT2D eigenvalue weighted by atomic mass is 10.2. The molecule has 1 saturated heterocycles. The molecule has 0 spiro atoms. The molecule has 1 fully saturated rings. The highest BCUT2D eigenvalue weighted by Crippen LogP contribution is 2.21. The first kappa shape index (κ1) is 10.1. The normalized spacial score (nSPS) is 17.1. The second kappa shape index (κ2) is 4.00. The summed E-state index contributed by atoms with van der Waals surface area (Å²) in [6.07, 6.45) is 0.372. The maximum atomic E-state index is 5.69. The second-order valence-corrected chi connectivity index (χ2v) is 4.35. The van der Waals surface area contributed by atoms with E-state index >= 15 is 0 Å². The number of ether oxygens (including phenoxy) is 1. The lowest BCUT2D eigenvalue weighted by Gasteiger charge is -2.27. The van der Waals surface area contributed by atoms with Gasteiger partial charge in [-0.25, -0.2) is 0 Å². The zero-order chi connectivity index (χ0) is 10.1. The SMILES string of the molecule is Cc1nn(C)c(COC2CNC2)c1Br. The minimum absolute atomic E-state index is 0.372. The van der Waals surface area contributed by atoms with Gasteiger partial charge in [-0.05, 0) is 22.9 Å². The molecule has 5 heteroatoms. The van der Waals surface area contributed by atoms with Crippen molar-refractivity contribution in [2.45, 2.75) is 19.6 Å². The van der Waals surface area contributed by atoms with Crippen LogP contribution in [0.5, 0.6) is 0 Å². The fourth-order valence-electron chi connectivity index (χ4n) is 1.41. The molecule has 0 amide bonds. The van der Waals surface area contributed by atoms with Gasteiger partial charge in [-0.15, -0.1) is 0 Å². The van der Waals surface area contributed by atoms with E-state index in [2.05, 4.69) is 26.3 Å². The molecule has 4 nitrogen and oxygen atoms in total. The Kier molecular flexibility index (Phi) is 2.90. The molecule has 2 rings (SSSR count). The van der Waals surface area contributed by atoms with Gasteiger partial charge in [-0.3, -0.25) is 4.68 Å². The first-order valence-electron chi connectivity index (χ1n) is 4.68. The predicted octanol–water partition coefficient (Wildman–Crippen LogP) is 0.979. The first-order valence-corrected chi connectivity index (χ1v) is 5.48. The third-order valence-electron chi connectivity index (χ3n) is 2.46. The highest BCUT2D eigenvalue weighted by molar-refractivity contribution is 9.10. The topological polar surface area (TPSA) is 39.1 Å². The van der Waals surface area contributed by atoms with Gasteiger partial charge in [0.15, 0.2) is 0 Å². The smallest absolute Gasteiger partial charge is 0.0901 e. The van der Waals surface area contributed by atoms with Gasteiger partial charge in [-0.1, -0.05) is 0 Å². The lowest BCUT2D eigenvalue weighted by molar-refractivity contribution is 0.00450. The average molecular weight is 260 g/mol. The Bertz CT molecular complexity index is 333. The van der Waals surface area contributed by atoms with Gasteiger partial charge in [0.25, 0.3) is 0 Å². The molecule has 0 radical (unpaired) electrons. The molecule has 78 valence electrons. The van der Waals surface area contributed by atoms with Crippen LogP contribution in [0.3, 0.4) is 0 Å². The van der Waals surface area contributed by atoms with Crippen molar-refractivity contribution in [3.63, 3.8) is 0 Å². The minimum Gasteiger partial charge on any atom is -0.369 e. The number of halogens is 1. The van der Waals surface area contributed by atoms with Gasteiger partial charge in [-0.2, -0.15) is 5.10 Å². The third-order valence-corrected chi connectivity index (χ3v) is 3.49. The molecule has 0 aliphatic carbocycles. The Balaban J connectivity index is 2.00. The molecule has 0 unspecified atom stereocenters. The summed E-state index contributed by atoms with van der Waals surface area (Å²) in [6, 6.07) is 0. The van der Waals surface area contributed by atoms with Crippen LogP contribution in [0.25, 0.3) is 0 Å². The van der Waals surface area contributed by atoms with Crippen LogP contribution in [0.1, 0.15) is 11.4 Å². The fraction of sp³-hybridized carbons (Fsp3) is 0.667. The fourth-order valence-corrected chi connectivity index (χ4v) is 1.86. The Morgan fingerprint density at radius 3 is 2.79 bits per heavy atom. The quantitative estimate of drug-likeness (QED) is 0.880. The van der Waals surface area contributed by atoms with Gasteiger partial charge >= 0.3 is 0 Å². The van der Waals surface area contributed by atoms with E-state index in [1.165, 1.54) is 0 Å². The van der Waals surface area contributed by atoms with E-state index in [9.17, 15) is 0 Å². The van der Waals surface area contributed by atoms with Crippen molar-refractivity contribution in [1.82, 2.24) is 15.1 Å². The van der Waals surface area contributed by atoms with E-state index in [1.807, 2.05) is 18.7 Å². The Morgan fingerprint density at radius 1 is 1.64 bits per heavy atom. The number of hydrogen-bond acceptors (Lipinski definition) is 3. The van der Waals surface area contributed by atoms with Crippen molar-refractivity contribution >= 4 is 15.9 Å². The van der Waals surface area contributed by atoms with Crippen LogP contribution in [0.4, 0.5) is 0 Å². The minimum atomic E-state index is 0.372. The van der Waals surface area contributed by atoms with E-state index in [-0.39, 0.29) is 0 Å². The van der Waals surface area contributed by atoms with E-state index in [1.54, 1.807) is 0 Å². The molecule has 0 aromatic carbocycles. The number of hydrogen-bond donors (Lipinski definition) is 1. The number of aryl methyl sites for hydroxylation is 2. The summed E-state index contributed by atoms with van der Waals surface area (Å²) in [7, 11) is 1.94. The highest BCUT2D eigenvalue weighted by atomic mass is 79.9. The molecular formula is C9H14BrN3O. The molecule has 1 aliphatic heterocycles. The van der Waals surface area contributed by atoms with Crippen LogP contribution >= 0.6 is 15.9 Å². The zero-order valence-corrected chi connectivity index (χ0v) is 9.97. The zero-order valence-electron chi connectivity index (χ0n) is 8.38. The molecule has 2 heterocycles. The third kappa shape index (κ3) is 1.85. The Morgan fingerprint density at radius 2 is 2.36 bits per heavy atom. The summed E-state index contributed by atoms with van der Waals surface area (Å²) in [4.78, 5) is 0. The molecular weight excluding hydrogens is 246 g/mol. The molecule has 0 bridgehead atoms. The monoisotopic (exact) mass is 259 g/mol. The highest BCUT2D eigenvalue weighted by Gasteiger charge is 2.19. The summed E-state index contributed by atoms with van der Waals surface area (Å²) in [6.45, 7) is 4.55. The summed E-state index contributed by atoms with van der Waals surface area (Å²) in [5, 5.41) is 7.48. The van der Waals surface area contributed by atoms with Crippen LogP contribution in [0.2, 0.25) is 0 Å².